The first-order valence-electron chi connectivity index (χ1n) is 11.4. The van der Waals surface area contributed by atoms with Crippen molar-refractivity contribution in [1.82, 2.24) is 15.1 Å². The second-order valence-electron chi connectivity index (χ2n) is 8.61. The molecule has 0 aromatic heterocycles. The van der Waals surface area contributed by atoms with Crippen molar-refractivity contribution in [2.45, 2.75) is 44.3 Å². The Kier molecular flexibility index (Phi) is 9.31. The summed E-state index contributed by atoms with van der Waals surface area (Å²) < 4.78 is 13.2. The Balaban J connectivity index is 1.69. The number of hydrogen-bond acceptors (Lipinski definition) is 4. The van der Waals surface area contributed by atoms with E-state index in [1.807, 2.05) is 17.9 Å². The molecule has 3 N–H and O–H groups in total. The van der Waals surface area contributed by atoms with Gasteiger partial charge in [-0.1, -0.05) is 48.3 Å². The zero-order valence-electron chi connectivity index (χ0n) is 19.4. The van der Waals surface area contributed by atoms with Crippen molar-refractivity contribution in [1.29, 1.82) is 0 Å². The van der Waals surface area contributed by atoms with E-state index in [0.29, 0.717) is 42.5 Å². The molecule has 3 rings (SSSR count). The molecule has 1 saturated heterocycles. The molecule has 0 aliphatic carbocycles. The van der Waals surface area contributed by atoms with Crippen molar-refractivity contribution in [2.75, 3.05) is 26.7 Å². The van der Waals surface area contributed by atoms with Gasteiger partial charge in [0.1, 0.15) is 5.82 Å². The molecule has 1 aliphatic heterocycles. The number of piperazine rings is 1. The van der Waals surface area contributed by atoms with Crippen LogP contribution in [-0.4, -0.2) is 66.4 Å². The number of halogens is 3. The second-order valence-corrected chi connectivity index (χ2v) is 9.42. The summed E-state index contributed by atoms with van der Waals surface area (Å²) in [7, 11) is 1.62. The third kappa shape index (κ3) is 6.48. The van der Waals surface area contributed by atoms with Crippen molar-refractivity contribution >= 4 is 35.0 Å². The zero-order chi connectivity index (χ0) is 24.8. The number of nitrogens with zero attached hydrogens (tertiary/aromatic N) is 2. The minimum atomic E-state index is -0.711. The van der Waals surface area contributed by atoms with Crippen LogP contribution in [0.25, 0.3) is 0 Å². The summed E-state index contributed by atoms with van der Waals surface area (Å²) >= 11 is 12.2. The Bertz CT molecular complexity index is 1000. The minimum absolute atomic E-state index is 0.0681. The van der Waals surface area contributed by atoms with Gasteiger partial charge in [-0.25, -0.2) is 4.39 Å². The third-order valence-electron chi connectivity index (χ3n) is 6.36. The smallest absolute Gasteiger partial charge is 0.240 e. The Morgan fingerprint density at radius 3 is 2.38 bits per heavy atom. The van der Waals surface area contributed by atoms with Gasteiger partial charge in [-0.2, -0.15) is 0 Å². The normalized spacial score (nSPS) is 18.4. The summed E-state index contributed by atoms with van der Waals surface area (Å²) in [6.45, 7) is 3.60. The van der Waals surface area contributed by atoms with E-state index >= 15 is 0 Å². The molecule has 3 atom stereocenters. The van der Waals surface area contributed by atoms with Gasteiger partial charge in [0.15, 0.2) is 0 Å². The maximum absolute atomic E-state index is 13.2. The van der Waals surface area contributed by atoms with Crippen LogP contribution in [0.1, 0.15) is 24.5 Å². The average Bonchev–Trinajstić information content (AvgIpc) is 2.84. The van der Waals surface area contributed by atoms with E-state index in [2.05, 4.69) is 10.2 Å². The van der Waals surface area contributed by atoms with Gasteiger partial charge in [0.05, 0.1) is 22.1 Å². The standard InChI is InChI=1S/C25H31Cl2FN4O2/c1-3-19-15-31(23(24(33)30-2)14-17-6-9-20(26)21(27)12-17)10-11-32(19)25(34)22(29)13-16-4-7-18(28)8-5-16/h4-9,12,19,22-23H,3,10-11,13-15,29H2,1-2H3,(H,30,33). The molecule has 0 radical (unpaired) electrons. The fourth-order valence-corrected chi connectivity index (χ4v) is 4.74. The molecule has 3 unspecified atom stereocenters. The van der Waals surface area contributed by atoms with Crippen LogP contribution in [0, 0.1) is 5.82 Å². The van der Waals surface area contributed by atoms with Gasteiger partial charge in [-0.05, 0) is 54.7 Å². The van der Waals surface area contributed by atoms with Crippen molar-refractivity contribution in [2.24, 2.45) is 5.73 Å². The number of carbonyl (C=O) groups is 2. The molecule has 184 valence electrons. The molecule has 34 heavy (non-hydrogen) atoms. The highest BCUT2D eigenvalue weighted by Crippen LogP contribution is 2.25. The van der Waals surface area contributed by atoms with E-state index in [1.165, 1.54) is 12.1 Å². The average molecular weight is 509 g/mol. The van der Waals surface area contributed by atoms with Gasteiger partial charge in [0.2, 0.25) is 11.8 Å². The van der Waals surface area contributed by atoms with Gasteiger partial charge in [0, 0.05) is 32.7 Å². The molecule has 9 heteroatoms. The lowest BCUT2D eigenvalue weighted by atomic mass is 9.99. The zero-order valence-corrected chi connectivity index (χ0v) is 21.0. The largest absolute Gasteiger partial charge is 0.358 e. The van der Waals surface area contributed by atoms with Crippen LogP contribution in [-0.2, 0) is 22.4 Å². The number of carbonyl (C=O) groups excluding carboxylic acids is 2. The summed E-state index contributed by atoms with van der Waals surface area (Å²) in [5.41, 5.74) is 7.97. The topological polar surface area (TPSA) is 78.7 Å². The molecule has 1 fully saturated rings. The van der Waals surface area contributed by atoms with Crippen molar-refractivity contribution in [3.05, 3.63) is 69.5 Å². The fourth-order valence-electron chi connectivity index (χ4n) is 4.42. The lowest BCUT2D eigenvalue weighted by Gasteiger charge is -2.44. The number of hydrogen-bond donors (Lipinski definition) is 2. The number of nitrogens with one attached hydrogen (secondary N) is 1. The number of rotatable bonds is 8. The quantitative estimate of drug-likeness (QED) is 0.573. The molecule has 1 aliphatic rings. The maximum Gasteiger partial charge on any atom is 0.240 e. The molecule has 0 bridgehead atoms. The lowest BCUT2D eigenvalue weighted by molar-refractivity contribution is -0.139. The van der Waals surface area contributed by atoms with Crippen molar-refractivity contribution in [3.8, 4) is 0 Å². The van der Waals surface area contributed by atoms with Gasteiger partial charge in [0.25, 0.3) is 0 Å². The van der Waals surface area contributed by atoms with E-state index in [0.717, 1.165) is 17.5 Å². The molecule has 1 heterocycles. The first kappa shape index (κ1) is 26.4. The van der Waals surface area contributed by atoms with Crippen molar-refractivity contribution in [3.63, 3.8) is 0 Å². The third-order valence-corrected chi connectivity index (χ3v) is 7.10. The predicted molar refractivity (Wildman–Crippen MR) is 133 cm³/mol. The molecule has 0 saturated carbocycles. The van der Waals surface area contributed by atoms with E-state index in [1.54, 1.807) is 31.3 Å². The Morgan fingerprint density at radius 1 is 1.09 bits per heavy atom. The van der Waals surface area contributed by atoms with E-state index < -0.39 is 12.1 Å². The van der Waals surface area contributed by atoms with Crippen LogP contribution < -0.4 is 11.1 Å². The maximum atomic E-state index is 13.2. The molecule has 2 aromatic rings. The van der Waals surface area contributed by atoms with E-state index in [4.69, 9.17) is 28.9 Å². The van der Waals surface area contributed by atoms with E-state index in [9.17, 15) is 14.0 Å². The van der Waals surface area contributed by atoms with Gasteiger partial charge in [-0.15, -0.1) is 0 Å². The van der Waals surface area contributed by atoms with Gasteiger partial charge in [-0.3, -0.25) is 14.5 Å². The summed E-state index contributed by atoms with van der Waals surface area (Å²) in [4.78, 5) is 29.9. The Labute approximate surface area is 210 Å². The first-order chi connectivity index (χ1) is 16.2. The summed E-state index contributed by atoms with van der Waals surface area (Å²) in [6.07, 6.45) is 1.55. The Hall–Kier alpha value is -2.19. The highest BCUT2D eigenvalue weighted by Gasteiger charge is 2.36. The molecule has 2 amide bonds. The van der Waals surface area contributed by atoms with Crippen LogP contribution in [0.5, 0.6) is 0 Å². The molecule has 2 aromatic carbocycles. The van der Waals surface area contributed by atoms with Crippen molar-refractivity contribution < 1.29 is 14.0 Å². The lowest BCUT2D eigenvalue weighted by Crippen LogP contribution is -2.62. The number of likely N-dealkylation sites (N-methyl/N-ethyl adjacent to an activating group) is 1. The monoisotopic (exact) mass is 508 g/mol. The van der Waals surface area contributed by atoms with Crippen LogP contribution in [0.15, 0.2) is 42.5 Å². The van der Waals surface area contributed by atoms with Crippen LogP contribution in [0.3, 0.4) is 0 Å². The first-order valence-corrected chi connectivity index (χ1v) is 12.2. The van der Waals surface area contributed by atoms with Gasteiger partial charge >= 0.3 is 0 Å². The second kappa shape index (κ2) is 12.0. The van der Waals surface area contributed by atoms with Crippen LogP contribution >= 0.6 is 23.2 Å². The summed E-state index contributed by atoms with van der Waals surface area (Å²) in [6, 6.07) is 10.2. The van der Waals surface area contributed by atoms with Gasteiger partial charge < -0.3 is 16.0 Å². The minimum Gasteiger partial charge on any atom is -0.358 e. The molecular weight excluding hydrogens is 478 g/mol. The number of amides is 2. The summed E-state index contributed by atoms with van der Waals surface area (Å²) in [5, 5.41) is 3.68. The highest BCUT2D eigenvalue weighted by atomic mass is 35.5. The fraction of sp³-hybridized carbons (Fsp3) is 0.440. The van der Waals surface area contributed by atoms with E-state index in [-0.39, 0.29) is 23.7 Å². The SMILES string of the molecule is CCC1CN(C(Cc2ccc(Cl)c(Cl)c2)C(=O)NC)CCN1C(=O)C(N)Cc1ccc(F)cc1. The molecule has 6 nitrogen and oxygen atoms in total. The highest BCUT2D eigenvalue weighted by molar-refractivity contribution is 6.42. The predicted octanol–water partition coefficient (Wildman–Crippen LogP) is 3.28. The van der Waals surface area contributed by atoms with Crippen LogP contribution in [0.4, 0.5) is 4.39 Å². The molecule has 0 spiro atoms. The number of nitrogens with two attached hydrogens (primary N) is 1. The Morgan fingerprint density at radius 2 is 1.76 bits per heavy atom. The van der Waals surface area contributed by atoms with Crippen LogP contribution in [0.2, 0.25) is 10.0 Å². The number of benzene rings is 2. The molecular formula is C25H31Cl2FN4O2. The summed E-state index contributed by atoms with van der Waals surface area (Å²) in [5.74, 6) is -0.539.